The van der Waals surface area contributed by atoms with Gasteiger partial charge in [0.2, 0.25) is 0 Å². The normalized spacial score (nSPS) is 12.5. The molecule has 1 aromatic rings. The Morgan fingerprint density at radius 3 is 3.09 bits per heavy atom. The number of fused-ring (bicyclic) bond motifs is 1. The van der Waals surface area contributed by atoms with Crippen molar-refractivity contribution in [2.24, 2.45) is 5.11 Å². The van der Waals surface area contributed by atoms with Gasteiger partial charge in [-0.25, -0.2) is 0 Å². The first kappa shape index (κ1) is 15.7. The average molecular weight is 304 g/mol. The van der Waals surface area contributed by atoms with Crippen LogP contribution in [0.3, 0.4) is 0 Å². The minimum Gasteiger partial charge on any atom is -0.491 e. The Morgan fingerprint density at radius 2 is 2.36 bits per heavy atom. The molecule has 0 spiro atoms. The number of benzene rings is 1. The number of amides is 1. The van der Waals surface area contributed by atoms with E-state index in [1.54, 1.807) is 12.1 Å². The topological polar surface area (TPSA) is 113 Å². The van der Waals surface area contributed by atoms with E-state index in [9.17, 15) is 9.59 Å². The standard InChI is InChI=1S/C14H16N4O4/c1-2-3-6-21-11-5-4-9(10(19)7-16-18-15)14-13(11)17-12(20)8-22-14/h4-5H,2-3,6-8H2,1H3,(H,17,20). The number of ether oxygens (including phenoxy) is 2. The lowest BCUT2D eigenvalue weighted by molar-refractivity contribution is -0.118. The number of rotatable bonds is 7. The van der Waals surface area contributed by atoms with Gasteiger partial charge in [-0.15, -0.1) is 0 Å². The van der Waals surface area contributed by atoms with Gasteiger partial charge in [0.1, 0.15) is 11.4 Å². The van der Waals surface area contributed by atoms with Gasteiger partial charge in [0, 0.05) is 4.91 Å². The molecule has 116 valence electrons. The summed E-state index contributed by atoms with van der Waals surface area (Å²) in [4.78, 5) is 26.1. The van der Waals surface area contributed by atoms with Crippen molar-refractivity contribution in [2.45, 2.75) is 19.8 Å². The monoisotopic (exact) mass is 304 g/mol. The zero-order valence-electron chi connectivity index (χ0n) is 12.2. The van der Waals surface area contributed by atoms with E-state index in [1.165, 1.54) is 0 Å². The molecule has 0 atom stereocenters. The molecular weight excluding hydrogens is 288 g/mol. The first-order valence-electron chi connectivity index (χ1n) is 6.93. The minimum absolute atomic E-state index is 0.173. The van der Waals surface area contributed by atoms with E-state index in [1.807, 2.05) is 6.92 Å². The lowest BCUT2D eigenvalue weighted by Crippen LogP contribution is -2.27. The van der Waals surface area contributed by atoms with E-state index in [4.69, 9.17) is 15.0 Å². The van der Waals surface area contributed by atoms with Crippen LogP contribution in [0.5, 0.6) is 11.5 Å². The molecular formula is C14H16N4O4. The van der Waals surface area contributed by atoms with Crippen molar-refractivity contribution in [3.63, 3.8) is 0 Å². The van der Waals surface area contributed by atoms with E-state index in [-0.39, 0.29) is 36.2 Å². The molecule has 0 aromatic heterocycles. The van der Waals surface area contributed by atoms with Gasteiger partial charge in [-0.1, -0.05) is 18.5 Å². The molecule has 8 nitrogen and oxygen atoms in total. The maximum Gasteiger partial charge on any atom is 0.262 e. The number of carbonyl (C=O) groups is 2. The molecule has 0 unspecified atom stereocenters. The van der Waals surface area contributed by atoms with Crippen LogP contribution in [-0.4, -0.2) is 31.4 Å². The highest BCUT2D eigenvalue weighted by atomic mass is 16.5. The number of hydrogen-bond donors (Lipinski definition) is 1. The lowest BCUT2D eigenvalue weighted by atomic mass is 10.1. The van der Waals surface area contributed by atoms with Crippen LogP contribution >= 0.6 is 0 Å². The molecule has 0 radical (unpaired) electrons. The molecule has 0 saturated carbocycles. The van der Waals surface area contributed by atoms with Crippen LogP contribution in [0.1, 0.15) is 30.1 Å². The highest BCUT2D eigenvalue weighted by molar-refractivity contribution is 6.06. The van der Waals surface area contributed by atoms with E-state index in [2.05, 4.69) is 15.3 Å². The van der Waals surface area contributed by atoms with E-state index in [0.717, 1.165) is 12.8 Å². The molecule has 2 rings (SSSR count). The number of Topliss-reactive ketones (excluding diaryl/α,β-unsaturated/α-hetero) is 1. The number of ketones is 1. The molecule has 0 aliphatic carbocycles. The summed E-state index contributed by atoms with van der Waals surface area (Å²) in [5.41, 5.74) is 8.90. The lowest BCUT2D eigenvalue weighted by Gasteiger charge is -2.23. The van der Waals surface area contributed by atoms with E-state index < -0.39 is 0 Å². The fraction of sp³-hybridized carbons (Fsp3) is 0.429. The molecule has 22 heavy (non-hydrogen) atoms. The SMILES string of the molecule is CCCCOc1ccc(C(=O)CN=[N+]=[N-])c2c1NC(=O)CO2. The Labute approximate surface area is 127 Å². The molecule has 0 fully saturated rings. The number of nitrogens with zero attached hydrogens (tertiary/aromatic N) is 3. The van der Waals surface area contributed by atoms with Gasteiger partial charge in [0.15, 0.2) is 18.1 Å². The second-order valence-electron chi connectivity index (χ2n) is 4.67. The average Bonchev–Trinajstić information content (AvgIpc) is 2.52. The number of carbonyl (C=O) groups excluding carboxylic acids is 2. The molecule has 1 amide bonds. The highest BCUT2D eigenvalue weighted by Gasteiger charge is 2.25. The van der Waals surface area contributed by atoms with Crippen molar-refractivity contribution in [3.8, 4) is 11.5 Å². The Kier molecular flexibility index (Phi) is 5.21. The summed E-state index contributed by atoms with van der Waals surface area (Å²) in [6.45, 7) is 2.06. The van der Waals surface area contributed by atoms with E-state index in [0.29, 0.717) is 18.0 Å². The summed E-state index contributed by atoms with van der Waals surface area (Å²) < 4.78 is 11.0. The van der Waals surface area contributed by atoms with Gasteiger partial charge < -0.3 is 14.8 Å². The molecule has 1 N–H and O–H groups in total. The molecule has 1 aliphatic heterocycles. The fourth-order valence-corrected chi connectivity index (χ4v) is 1.99. The number of azide groups is 1. The third-order valence-corrected chi connectivity index (χ3v) is 3.06. The summed E-state index contributed by atoms with van der Waals surface area (Å²) >= 11 is 0. The minimum atomic E-state index is -0.384. The Hall–Kier alpha value is -2.73. The molecule has 0 saturated heterocycles. The summed E-state index contributed by atoms with van der Waals surface area (Å²) in [6, 6.07) is 3.15. The number of nitrogens with one attached hydrogen (secondary N) is 1. The maximum atomic E-state index is 12.0. The van der Waals surface area contributed by atoms with Gasteiger partial charge in [-0.05, 0) is 24.1 Å². The Morgan fingerprint density at radius 1 is 1.55 bits per heavy atom. The second-order valence-corrected chi connectivity index (χ2v) is 4.67. The highest BCUT2D eigenvalue weighted by Crippen LogP contribution is 2.40. The second kappa shape index (κ2) is 7.33. The van der Waals surface area contributed by atoms with Crippen molar-refractivity contribution in [1.82, 2.24) is 0 Å². The summed E-state index contributed by atoms with van der Waals surface area (Å²) in [6.07, 6.45) is 1.86. The van der Waals surface area contributed by atoms with Crippen LogP contribution in [0, 0.1) is 0 Å². The van der Waals surface area contributed by atoms with Gasteiger partial charge >= 0.3 is 0 Å². The zero-order chi connectivity index (χ0) is 15.9. The maximum absolute atomic E-state index is 12.0. The summed E-state index contributed by atoms with van der Waals surface area (Å²) in [5, 5.41) is 5.91. The van der Waals surface area contributed by atoms with Crippen LogP contribution in [0.15, 0.2) is 17.2 Å². The van der Waals surface area contributed by atoms with Crippen LogP contribution in [0.2, 0.25) is 0 Å². The van der Waals surface area contributed by atoms with Crippen LogP contribution in [0.4, 0.5) is 5.69 Å². The summed E-state index contributed by atoms with van der Waals surface area (Å²) in [7, 11) is 0. The predicted molar refractivity (Wildman–Crippen MR) is 79.3 cm³/mol. The van der Waals surface area contributed by atoms with E-state index >= 15 is 0 Å². The molecule has 1 heterocycles. The molecule has 1 aliphatic rings. The first-order valence-corrected chi connectivity index (χ1v) is 6.93. The van der Waals surface area contributed by atoms with Crippen molar-refractivity contribution >= 4 is 17.4 Å². The van der Waals surface area contributed by atoms with Crippen molar-refractivity contribution in [2.75, 3.05) is 25.1 Å². The number of anilines is 1. The zero-order valence-corrected chi connectivity index (χ0v) is 12.2. The fourth-order valence-electron chi connectivity index (χ4n) is 1.99. The van der Waals surface area contributed by atoms with Gasteiger partial charge in [0.05, 0.1) is 18.7 Å². The third-order valence-electron chi connectivity index (χ3n) is 3.06. The van der Waals surface area contributed by atoms with Crippen LogP contribution < -0.4 is 14.8 Å². The molecule has 0 bridgehead atoms. The number of hydrogen-bond acceptors (Lipinski definition) is 5. The van der Waals surface area contributed by atoms with Crippen molar-refractivity contribution in [1.29, 1.82) is 0 Å². The van der Waals surface area contributed by atoms with Gasteiger partial charge in [-0.3, -0.25) is 9.59 Å². The smallest absolute Gasteiger partial charge is 0.262 e. The van der Waals surface area contributed by atoms with Crippen LogP contribution in [-0.2, 0) is 4.79 Å². The Balaban J connectivity index is 2.34. The van der Waals surface area contributed by atoms with Gasteiger partial charge in [-0.2, -0.15) is 0 Å². The third kappa shape index (κ3) is 3.48. The molecule has 1 aromatic carbocycles. The first-order chi connectivity index (χ1) is 10.7. The molecule has 8 heteroatoms. The van der Waals surface area contributed by atoms with Crippen LogP contribution in [0.25, 0.3) is 10.4 Å². The largest absolute Gasteiger partial charge is 0.491 e. The Bertz CT molecular complexity index is 638. The predicted octanol–water partition coefficient (Wildman–Crippen LogP) is 2.69. The van der Waals surface area contributed by atoms with Crippen molar-refractivity contribution in [3.05, 3.63) is 28.1 Å². The van der Waals surface area contributed by atoms with Gasteiger partial charge in [0.25, 0.3) is 5.91 Å². The quantitative estimate of drug-likeness (QED) is 0.274. The van der Waals surface area contributed by atoms with Crippen molar-refractivity contribution < 1.29 is 19.1 Å². The summed E-state index contributed by atoms with van der Waals surface area (Å²) in [5.74, 6) is 0.0152. The number of unbranched alkanes of at least 4 members (excludes halogenated alkanes) is 1.